The predicted molar refractivity (Wildman–Crippen MR) is 89.4 cm³/mol. The van der Waals surface area contributed by atoms with Crippen LogP contribution < -0.4 is 10.6 Å². The van der Waals surface area contributed by atoms with Crippen LogP contribution in [0.1, 0.15) is 37.2 Å². The molecule has 0 unspecified atom stereocenters. The summed E-state index contributed by atoms with van der Waals surface area (Å²) in [6.45, 7) is 8.39. The molecule has 2 rings (SSSR count). The lowest BCUT2D eigenvalue weighted by Crippen LogP contribution is -2.36. The molecule has 2 amide bonds. The Morgan fingerprint density at radius 2 is 1.92 bits per heavy atom. The standard InChI is InChI=1S/C16H24N6O2/c1-10(2)15(24)18-8-7-17-14(23)6-5-13-11(3)21-16-19-9-20-22(16)12(13)4/h9-10H,5-8H2,1-4H3,(H,17,23)(H,18,24). The van der Waals surface area contributed by atoms with Crippen molar-refractivity contribution in [2.24, 2.45) is 5.92 Å². The highest BCUT2D eigenvalue weighted by Crippen LogP contribution is 2.14. The van der Waals surface area contributed by atoms with E-state index in [1.54, 1.807) is 4.52 Å². The molecule has 0 radical (unpaired) electrons. The number of aryl methyl sites for hydroxylation is 2. The molecule has 0 aromatic carbocycles. The van der Waals surface area contributed by atoms with Crippen LogP contribution in [0.3, 0.4) is 0 Å². The number of aromatic nitrogens is 4. The summed E-state index contributed by atoms with van der Waals surface area (Å²) in [5.74, 6) is 0.457. The molecular weight excluding hydrogens is 308 g/mol. The lowest BCUT2D eigenvalue weighted by atomic mass is 10.1. The summed E-state index contributed by atoms with van der Waals surface area (Å²) in [6, 6.07) is 0. The number of hydrogen-bond donors (Lipinski definition) is 2. The molecule has 2 N–H and O–H groups in total. The molecule has 8 heteroatoms. The Labute approximate surface area is 141 Å². The summed E-state index contributed by atoms with van der Waals surface area (Å²) in [7, 11) is 0. The molecule has 0 aliphatic heterocycles. The Hall–Kier alpha value is -2.51. The first-order valence-electron chi connectivity index (χ1n) is 8.10. The van der Waals surface area contributed by atoms with Crippen molar-refractivity contribution in [1.82, 2.24) is 30.2 Å². The van der Waals surface area contributed by atoms with Crippen LogP contribution in [0.5, 0.6) is 0 Å². The van der Waals surface area contributed by atoms with Crippen LogP contribution in [0, 0.1) is 19.8 Å². The van der Waals surface area contributed by atoms with Gasteiger partial charge in [0.25, 0.3) is 5.78 Å². The lowest BCUT2D eigenvalue weighted by molar-refractivity contribution is -0.124. The Morgan fingerprint density at radius 1 is 1.21 bits per heavy atom. The first-order chi connectivity index (χ1) is 11.4. The van der Waals surface area contributed by atoms with Gasteiger partial charge < -0.3 is 10.6 Å². The number of nitrogens with zero attached hydrogens (tertiary/aromatic N) is 4. The number of hydrogen-bond acceptors (Lipinski definition) is 5. The maximum absolute atomic E-state index is 12.0. The number of carbonyl (C=O) groups excluding carboxylic acids is 2. The van der Waals surface area contributed by atoms with Gasteiger partial charge >= 0.3 is 0 Å². The highest BCUT2D eigenvalue weighted by Gasteiger charge is 2.12. The maximum Gasteiger partial charge on any atom is 0.252 e. The first kappa shape index (κ1) is 17.8. The molecule has 0 bridgehead atoms. The zero-order valence-electron chi connectivity index (χ0n) is 14.6. The van der Waals surface area contributed by atoms with Gasteiger partial charge in [-0.2, -0.15) is 10.1 Å². The van der Waals surface area contributed by atoms with Gasteiger partial charge in [-0.15, -0.1) is 0 Å². The van der Waals surface area contributed by atoms with Gasteiger partial charge in [0.05, 0.1) is 0 Å². The smallest absolute Gasteiger partial charge is 0.252 e. The largest absolute Gasteiger partial charge is 0.354 e. The van der Waals surface area contributed by atoms with E-state index in [4.69, 9.17) is 0 Å². The number of nitrogens with one attached hydrogen (secondary N) is 2. The van der Waals surface area contributed by atoms with Crippen molar-refractivity contribution in [2.45, 2.75) is 40.5 Å². The van der Waals surface area contributed by atoms with Crippen molar-refractivity contribution in [3.8, 4) is 0 Å². The van der Waals surface area contributed by atoms with Crippen LogP contribution in [-0.2, 0) is 16.0 Å². The zero-order chi connectivity index (χ0) is 17.7. The van der Waals surface area contributed by atoms with Gasteiger partial charge in [-0.25, -0.2) is 9.50 Å². The Balaban J connectivity index is 1.83. The van der Waals surface area contributed by atoms with Crippen molar-refractivity contribution >= 4 is 17.6 Å². The fraction of sp³-hybridized carbons (Fsp3) is 0.562. The second-order valence-electron chi connectivity index (χ2n) is 6.03. The summed E-state index contributed by atoms with van der Waals surface area (Å²) >= 11 is 0. The fourth-order valence-electron chi connectivity index (χ4n) is 2.44. The quantitative estimate of drug-likeness (QED) is 0.722. The van der Waals surface area contributed by atoms with Crippen LogP contribution in [0.15, 0.2) is 6.33 Å². The third-order valence-electron chi connectivity index (χ3n) is 3.86. The summed E-state index contributed by atoms with van der Waals surface area (Å²) < 4.78 is 1.68. The molecule has 8 nitrogen and oxygen atoms in total. The van der Waals surface area contributed by atoms with E-state index < -0.39 is 0 Å². The molecule has 2 aromatic rings. The lowest BCUT2D eigenvalue weighted by Gasteiger charge is -2.11. The molecule has 0 aliphatic carbocycles. The molecule has 24 heavy (non-hydrogen) atoms. The average Bonchev–Trinajstić information content (AvgIpc) is 2.99. The molecule has 0 saturated heterocycles. The van der Waals surface area contributed by atoms with E-state index >= 15 is 0 Å². The summed E-state index contributed by atoms with van der Waals surface area (Å²) in [4.78, 5) is 31.8. The minimum Gasteiger partial charge on any atom is -0.354 e. The second-order valence-corrected chi connectivity index (χ2v) is 6.03. The van der Waals surface area contributed by atoms with E-state index in [-0.39, 0.29) is 17.7 Å². The Morgan fingerprint density at radius 3 is 2.62 bits per heavy atom. The highest BCUT2D eigenvalue weighted by atomic mass is 16.2. The molecule has 0 saturated carbocycles. The van der Waals surface area contributed by atoms with Crippen LogP contribution in [-0.4, -0.2) is 44.5 Å². The number of amides is 2. The van der Waals surface area contributed by atoms with Crippen molar-refractivity contribution < 1.29 is 9.59 Å². The molecule has 2 aromatic heterocycles. The predicted octanol–water partition coefficient (Wildman–Crippen LogP) is 0.562. The normalized spacial score (nSPS) is 11.0. The Kier molecular flexibility index (Phi) is 5.83. The molecule has 2 heterocycles. The van der Waals surface area contributed by atoms with Gasteiger partial charge in [0, 0.05) is 36.8 Å². The van der Waals surface area contributed by atoms with E-state index in [1.807, 2.05) is 27.7 Å². The summed E-state index contributed by atoms with van der Waals surface area (Å²) in [5, 5.41) is 9.71. The van der Waals surface area contributed by atoms with E-state index in [2.05, 4.69) is 25.7 Å². The maximum atomic E-state index is 12.0. The van der Waals surface area contributed by atoms with Crippen LogP contribution in [0.4, 0.5) is 0 Å². The monoisotopic (exact) mass is 332 g/mol. The van der Waals surface area contributed by atoms with Crippen LogP contribution >= 0.6 is 0 Å². The second kappa shape index (κ2) is 7.85. The van der Waals surface area contributed by atoms with Crippen molar-refractivity contribution in [1.29, 1.82) is 0 Å². The van der Waals surface area contributed by atoms with Crippen molar-refractivity contribution in [3.05, 3.63) is 23.3 Å². The van der Waals surface area contributed by atoms with Gasteiger partial charge in [0.15, 0.2) is 0 Å². The molecule has 0 spiro atoms. The van der Waals surface area contributed by atoms with E-state index in [1.165, 1.54) is 6.33 Å². The summed E-state index contributed by atoms with van der Waals surface area (Å²) in [5.41, 5.74) is 2.83. The molecule has 0 atom stereocenters. The van der Waals surface area contributed by atoms with Gasteiger partial charge in [-0.1, -0.05) is 13.8 Å². The highest BCUT2D eigenvalue weighted by molar-refractivity contribution is 5.78. The number of carbonyl (C=O) groups is 2. The number of rotatable bonds is 7. The number of fused-ring (bicyclic) bond motifs is 1. The molecule has 0 aliphatic rings. The zero-order valence-corrected chi connectivity index (χ0v) is 14.6. The van der Waals surface area contributed by atoms with Crippen molar-refractivity contribution in [2.75, 3.05) is 13.1 Å². The van der Waals surface area contributed by atoms with E-state index in [0.29, 0.717) is 31.7 Å². The minimum absolute atomic E-state index is 0.0114. The molecular formula is C16H24N6O2. The topological polar surface area (TPSA) is 101 Å². The third-order valence-corrected chi connectivity index (χ3v) is 3.86. The molecule has 130 valence electrons. The fourth-order valence-corrected chi connectivity index (χ4v) is 2.44. The van der Waals surface area contributed by atoms with Gasteiger partial charge in [0.1, 0.15) is 6.33 Å². The Bertz CT molecular complexity index is 737. The van der Waals surface area contributed by atoms with Gasteiger partial charge in [-0.3, -0.25) is 9.59 Å². The SMILES string of the molecule is Cc1nc2ncnn2c(C)c1CCC(=O)NCCNC(=O)C(C)C. The molecule has 0 fully saturated rings. The average molecular weight is 332 g/mol. The van der Waals surface area contributed by atoms with Gasteiger partial charge in [-0.05, 0) is 25.8 Å². The van der Waals surface area contributed by atoms with E-state index in [0.717, 1.165) is 17.0 Å². The first-order valence-corrected chi connectivity index (χ1v) is 8.10. The summed E-state index contributed by atoms with van der Waals surface area (Å²) in [6.07, 6.45) is 2.42. The third kappa shape index (κ3) is 4.27. The van der Waals surface area contributed by atoms with Crippen LogP contribution in [0.25, 0.3) is 5.78 Å². The van der Waals surface area contributed by atoms with E-state index in [9.17, 15) is 9.59 Å². The van der Waals surface area contributed by atoms with Crippen molar-refractivity contribution in [3.63, 3.8) is 0 Å². The van der Waals surface area contributed by atoms with Gasteiger partial charge in [0.2, 0.25) is 11.8 Å². The van der Waals surface area contributed by atoms with Crippen LogP contribution in [0.2, 0.25) is 0 Å². The minimum atomic E-state index is -0.0501.